The fourth-order valence-corrected chi connectivity index (χ4v) is 3.09. The Morgan fingerprint density at radius 1 is 1.06 bits per heavy atom. The van der Waals surface area contributed by atoms with Crippen molar-refractivity contribution < 1.29 is 9.31 Å². The maximum atomic E-state index is 6.12. The molecule has 1 saturated carbocycles. The highest BCUT2D eigenvalue weighted by Crippen LogP contribution is 2.34. The third kappa shape index (κ3) is 2.27. The molecule has 3 heteroatoms. The van der Waals surface area contributed by atoms with E-state index in [2.05, 4.69) is 19.1 Å². The fourth-order valence-electron chi connectivity index (χ4n) is 3.09. The number of hydrogen-bond acceptors (Lipinski definition) is 2. The number of benzene rings is 1. The molecule has 3 rings (SSSR count). The van der Waals surface area contributed by atoms with Crippen molar-refractivity contribution in [1.29, 1.82) is 0 Å². The quantitative estimate of drug-likeness (QED) is 0.689. The first-order valence-electron chi connectivity index (χ1n) is 6.70. The molecule has 1 aliphatic heterocycles. The average Bonchev–Trinajstić information content (AvgIpc) is 2.40. The normalized spacial score (nSPS) is 33.2. The second-order valence-corrected chi connectivity index (χ2v) is 5.21. The Kier molecular flexibility index (Phi) is 3.21. The number of hydrogen-bond donors (Lipinski definition) is 0. The summed E-state index contributed by atoms with van der Waals surface area (Å²) in [6.45, 7) is 2.20. The van der Waals surface area contributed by atoms with Crippen LogP contribution in [-0.2, 0) is 9.31 Å². The molecule has 2 fully saturated rings. The van der Waals surface area contributed by atoms with Crippen molar-refractivity contribution in [3.8, 4) is 0 Å². The predicted octanol–water partition coefficient (Wildman–Crippen LogP) is 2.38. The predicted molar refractivity (Wildman–Crippen MR) is 69.2 cm³/mol. The zero-order valence-corrected chi connectivity index (χ0v) is 10.3. The summed E-state index contributed by atoms with van der Waals surface area (Å²) in [5.41, 5.74) is 1.14. The minimum Gasteiger partial charge on any atom is -0.404 e. The van der Waals surface area contributed by atoms with Gasteiger partial charge < -0.3 is 9.31 Å². The van der Waals surface area contributed by atoms with Crippen LogP contribution in [0.2, 0.25) is 0 Å². The summed E-state index contributed by atoms with van der Waals surface area (Å²) in [6.07, 6.45) is 5.80. The molecule has 2 nitrogen and oxygen atoms in total. The van der Waals surface area contributed by atoms with Crippen LogP contribution in [0.1, 0.15) is 32.6 Å². The lowest BCUT2D eigenvalue weighted by molar-refractivity contribution is -0.0469. The van der Waals surface area contributed by atoms with Gasteiger partial charge in [-0.05, 0) is 25.2 Å². The minimum absolute atomic E-state index is 0.162. The van der Waals surface area contributed by atoms with Gasteiger partial charge in [0.1, 0.15) is 0 Å². The molecule has 3 atom stereocenters. The molecule has 17 heavy (non-hydrogen) atoms. The molecule has 0 bridgehead atoms. The van der Waals surface area contributed by atoms with Gasteiger partial charge in [0, 0.05) is 18.1 Å². The van der Waals surface area contributed by atoms with Gasteiger partial charge in [-0.1, -0.05) is 43.2 Å². The van der Waals surface area contributed by atoms with E-state index < -0.39 is 0 Å². The van der Waals surface area contributed by atoms with E-state index >= 15 is 0 Å². The molecule has 1 aromatic carbocycles. The topological polar surface area (TPSA) is 18.5 Å². The van der Waals surface area contributed by atoms with Crippen LogP contribution in [0.25, 0.3) is 0 Å². The van der Waals surface area contributed by atoms with Crippen molar-refractivity contribution >= 4 is 12.6 Å². The molecule has 1 heterocycles. The summed E-state index contributed by atoms with van der Waals surface area (Å²) in [7, 11) is -0.162. The highest BCUT2D eigenvalue weighted by Gasteiger charge is 2.41. The van der Waals surface area contributed by atoms with Gasteiger partial charge in [-0.2, -0.15) is 0 Å². The van der Waals surface area contributed by atoms with E-state index in [4.69, 9.17) is 9.31 Å². The summed E-state index contributed by atoms with van der Waals surface area (Å²) in [5, 5.41) is 0. The molecule has 1 aliphatic carbocycles. The van der Waals surface area contributed by atoms with E-state index in [1.54, 1.807) is 0 Å². The van der Waals surface area contributed by atoms with Gasteiger partial charge in [-0.15, -0.1) is 0 Å². The van der Waals surface area contributed by atoms with Crippen LogP contribution in [0.5, 0.6) is 0 Å². The summed E-state index contributed by atoms with van der Waals surface area (Å²) < 4.78 is 12.1. The molecular weight excluding hydrogens is 211 g/mol. The second kappa shape index (κ2) is 4.83. The third-order valence-corrected chi connectivity index (χ3v) is 4.06. The van der Waals surface area contributed by atoms with E-state index in [0.717, 1.165) is 5.46 Å². The minimum atomic E-state index is -0.162. The lowest BCUT2D eigenvalue weighted by Gasteiger charge is -2.42. The molecule has 90 valence electrons. The van der Waals surface area contributed by atoms with E-state index in [-0.39, 0.29) is 7.12 Å². The Labute approximate surface area is 103 Å². The van der Waals surface area contributed by atoms with Gasteiger partial charge in [-0.3, -0.25) is 0 Å². The summed E-state index contributed by atoms with van der Waals surface area (Å²) >= 11 is 0. The number of fused-ring (bicyclic) bond motifs is 1. The number of rotatable bonds is 1. The molecule has 2 aliphatic rings. The monoisotopic (exact) mass is 230 g/mol. The van der Waals surface area contributed by atoms with Gasteiger partial charge in [0.05, 0.1) is 0 Å². The molecule has 0 radical (unpaired) electrons. The lowest BCUT2D eigenvalue weighted by atomic mass is 9.72. The summed E-state index contributed by atoms with van der Waals surface area (Å²) in [4.78, 5) is 0. The fraction of sp³-hybridized carbons (Fsp3) is 0.571. The molecule has 1 unspecified atom stereocenters. The first-order valence-corrected chi connectivity index (χ1v) is 6.70. The van der Waals surface area contributed by atoms with Crippen LogP contribution in [0.15, 0.2) is 30.3 Å². The van der Waals surface area contributed by atoms with Crippen molar-refractivity contribution in [2.75, 3.05) is 0 Å². The van der Waals surface area contributed by atoms with Crippen LogP contribution in [0.4, 0.5) is 0 Å². The standard InChI is InChI=1S/C14H19BO2/c1-11-13-9-5-6-10-14(13)17-15(16-11)12-7-3-2-4-8-12/h2-4,7-8,11,13-14H,5-6,9-10H2,1H3/t11?,13-,14+/m1/s1. The molecule has 0 aromatic heterocycles. The highest BCUT2D eigenvalue weighted by molar-refractivity contribution is 6.61. The maximum Gasteiger partial charge on any atom is 0.494 e. The zero-order valence-electron chi connectivity index (χ0n) is 10.3. The van der Waals surface area contributed by atoms with Crippen molar-refractivity contribution in [2.24, 2.45) is 5.92 Å². The van der Waals surface area contributed by atoms with E-state index in [9.17, 15) is 0 Å². The lowest BCUT2D eigenvalue weighted by Crippen LogP contribution is -2.53. The Morgan fingerprint density at radius 2 is 1.82 bits per heavy atom. The van der Waals surface area contributed by atoms with Gasteiger partial charge in [0.2, 0.25) is 0 Å². The van der Waals surface area contributed by atoms with Crippen molar-refractivity contribution in [3.63, 3.8) is 0 Å². The average molecular weight is 230 g/mol. The summed E-state index contributed by atoms with van der Waals surface area (Å²) in [5.74, 6) is 0.601. The molecule has 0 N–H and O–H groups in total. The smallest absolute Gasteiger partial charge is 0.404 e. The van der Waals surface area contributed by atoms with Crippen LogP contribution in [0.3, 0.4) is 0 Å². The molecule has 1 aromatic rings. The van der Waals surface area contributed by atoms with Crippen LogP contribution in [0, 0.1) is 5.92 Å². The van der Waals surface area contributed by atoms with Crippen molar-refractivity contribution in [3.05, 3.63) is 30.3 Å². The molecule has 1 saturated heterocycles. The maximum absolute atomic E-state index is 6.12. The molecular formula is C14H19BO2. The Balaban J connectivity index is 1.77. The van der Waals surface area contributed by atoms with Crippen LogP contribution >= 0.6 is 0 Å². The largest absolute Gasteiger partial charge is 0.494 e. The second-order valence-electron chi connectivity index (χ2n) is 5.21. The highest BCUT2D eigenvalue weighted by atomic mass is 16.6. The summed E-state index contributed by atoms with van der Waals surface area (Å²) in [6, 6.07) is 10.3. The first-order chi connectivity index (χ1) is 8.34. The van der Waals surface area contributed by atoms with Crippen molar-refractivity contribution in [1.82, 2.24) is 0 Å². The Morgan fingerprint density at radius 3 is 2.65 bits per heavy atom. The molecule has 0 spiro atoms. The zero-order chi connectivity index (χ0) is 11.7. The van der Waals surface area contributed by atoms with E-state index in [1.165, 1.54) is 25.7 Å². The Hall–Kier alpha value is -0.795. The van der Waals surface area contributed by atoms with Gasteiger partial charge in [-0.25, -0.2) is 0 Å². The first kappa shape index (κ1) is 11.3. The Bertz CT molecular complexity index is 368. The van der Waals surface area contributed by atoms with Gasteiger partial charge >= 0.3 is 7.12 Å². The van der Waals surface area contributed by atoms with E-state index in [0.29, 0.717) is 18.1 Å². The third-order valence-electron chi connectivity index (χ3n) is 4.06. The van der Waals surface area contributed by atoms with Crippen molar-refractivity contribution in [2.45, 2.75) is 44.8 Å². The van der Waals surface area contributed by atoms with Gasteiger partial charge in [0.15, 0.2) is 0 Å². The SMILES string of the molecule is CC1OB(c2ccccc2)O[C@H]2CCCC[C@H]12. The van der Waals surface area contributed by atoms with Crippen LogP contribution < -0.4 is 5.46 Å². The van der Waals surface area contributed by atoms with Gasteiger partial charge in [0.25, 0.3) is 0 Å². The van der Waals surface area contributed by atoms with E-state index in [1.807, 2.05) is 18.2 Å². The van der Waals surface area contributed by atoms with Crippen LogP contribution in [-0.4, -0.2) is 19.3 Å². The molecule has 0 amide bonds.